The van der Waals surface area contributed by atoms with Crippen LogP contribution in [0.4, 0.5) is 0 Å². The fourth-order valence-electron chi connectivity index (χ4n) is 3.85. The van der Waals surface area contributed by atoms with E-state index in [0.717, 1.165) is 5.69 Å². The number of methoxy groups -OCH3 is 1. The fraction of sp³-hybridized carbons (Fsp3) is 0.111. The molecule has 2 heterocycles. The summed E-state index contributed by atoms with van der Waals surface area (Å²) >= 11 is 0. The Hall–Kier alpha value is -4.72. The highest BCUT2D eigenvalue weighted by atomic mass is 16.5. The van der Waals surface area contributed by atoms with Crippen LogP contribution in [0.1, 0.15) is 29.2 Å². The van der Waals surface area contributed by atoms with Crippen LogP contribution in [0.2, 0.25) is 0 Å². The number of aromatic nitrogens is 4. The van der Waals surface area contributed by atoms with Crippen molar-refractivity contribution < 1.29 is 14.3 Å². The molecule has 3 aromatic carbocycles. The first-order chi connectivity index (χ1) is 17.0. The molecule has 0 aliphatic rings. The number of carbonyl (C=O) groups is 1. The van der Waals surface area contributed by atoms with E-state index in [1.54, 1.807) is 55.2 Å². The molecule has 0 radical (unpaired) electrons. The van der Waals surface area contributed by atoms with Crippen molar-refractivity contribution in [2.75, 3.05) is 7.11 Å². The summed E-state index contributed by atoms with van der Waals surface area (Å²) in [6.07, 6.45) is 0.827. The van der Waals surface area contributed by atoms with Crippen molar-refractivity contribution in [2.45, 2.75) is 13.0 Å². The summed E-state index contributed by atoms with van der Waals surface area (Å²) in [5.74, 6) is 0.237. The van der Waals surface area contributed by atoms with Gasteiger partial charge in [0.1, 0.15) is 17.0 Å². The lowest BCUT2D eigenvalue weighted by atomic mass is 10.1. The van der Waals surface area contributed by atoms with Gasteiger partial charge in [0.05, 0.1) is 23.7 Å². The molecule has 0 amide bonds. The molecule has 2 aromatic heterocycles. The smallest absolute Gasteiger partial charge is 0.342 e. The fourth-order valence-corrected chi connectivity index (χ4v) is 3.85. The van der Waals surface area contributed by atoms with Crippen LogP contribution < -0.4 is 10.3 Å². The van der Waals surface area contributed by atoms with Crippen LogP contribution in [-0.2, 0) is 4.74 Å². The number of aromatic amines is 1. The van der Waals surface area contributed by atoms with Crippen molar-refractivity contribution in [3.63, 3.8) is 0 Å². The summed E-state index contributed by atoms with van der Waals surface area (Å²) in [6.45, 7) is 1.66. The number of benzene rings is 3. The molecule has 8 nitrogen and oxygen atoms in total. The number of H-pyrrole nitrogens is 1. The van der Waals surface area contributed by atoms with E-state index in [4.69, 9.17) is 9.47 Å². The van der Waals surface area contributed by atoms with Crippen LogP contribution in [0, 0.1) is 0 Å². The van der Waals surface area contributed by atoms with E-state index in [9.17, 15) is 9.59 Å². The van der Waals surface area contributed by atoms with Gasteiger partial charge in [0.2, 0.25) is 0 Å². The summed E-state index contributed by atoms with van der Waals surface area (Å²) in [5.41, 5.74) is 2.36. The minimum Gasteiger partial charge on any atom is -0.496 e. The molecule has 5 aromatic rings. The zero-order valence-corrected chi connectivity index (χ0v) is 19.1. The monoisotopic (exact) mass is 466 g/mol. The number of nitrogens with one attached hydrogen (secondary N) is 1. The van der Waals surface area contributed by atoms with E-state index >= 15 is 0 Å². The van der Waals surface area contributed by atoms with Crippen LogP contribution in [0.25, 0.3) is 27.8 Å². The lowest BCUT2D eigenvalue weighted by molar-refractivity contribution is 0.0321. The van der Waals surface area contributed by atoms with Crippen molar-refractivity contribution in [1.29, 1.82) is 0 Å². The number of ether oxygens (including phenoxy) is 2. The number of hydrogen-bond donors (Lipinski definition) is 1. The highest BCUT2D eigenvalue weighted by Crippen LogP contribution is 2.32. The molecule has 0 fully saturated rings. The Morgan fingerprint density at radius 2 is 1.69 bits per heavy atom. The number of esters is 1. The molecule has 8 heteroatoms. The molecule has 0 spiro atoms. The number of para-hydroxylation sites is 3. The van der Waals surface area contributed by atoms with Crippen molar-refractivity contribution in [1.82, 2.24) is 19.7 Å². The van der Waals surface area contributed by atoms with Crippen LogP contribution in [0.5, 0.6) is 5.75 Å². The highest BCUT2D eigenvalue weighted by Gasteiger charge is 2.25. The third-order valence-electron chi connectivity index (χ3n) is 5.62. The average molecular weight is 466 g/mol. The lowest BCUT2D eigenvalue weighted by Crippen LogP contribution is -2.17. The molecule has 0 aliphatic carbocycles. The zero-order valence-electron chi connectivity index (χ0n) is 19.1. The summed E-state index contributed by atoms with van der Waals surface area (Å²) in [4.78, 5) is 33.0. The topological polar surface area (TPSA) is 99.1 Å². The zero-order chi connectivity index (χ0) is 24.4. The molecule has 0 aliphatic heterocycles. The van der Waals surface area contributed by atoms with Gasteiger partial charge >= 0.3 is 5.97 Å². The minimum atomic E-state index is -0.801. The van der Waals surface area contributed by atoms with E-state index in [1.165, 1.54) is 0 Å². The molecule has 1 N–H and O–H groups in total. The van der Waals surface area contributed by atoms with Gasteiger partial charge in [-0.3, -0.25) is 4.79 Å². The quantitative estimate of drug-likeness (QED) is 0.364. The van der Waals surface area contributed by atoms with Gasteiger partial charge in [0, 0.05) is 11.8 Å². The molecule has 5 rings (SSSR count). The van der Waals surface area contributed by atoms with Gasteiger partial charge in [-0.2, -0.15) is 5.10 Å². The van der Waals surface area contributed by atoms with E-state index in [0.29, 0.717) is 27.9 Å². The number of nitrogens with zero attached hydrogens (tertiary/aromatic N) is 3. The molecule has 0 saturated heterocycles. The second-order valence-corrected chi connectivity index (χ2v) is 7.89. The highest BCUT2D eigenvalue weighted by molar-refractivity contribution is 5.97. The van der Waals surface area contributed by atoms with Crippen LogP contribution in [0.15, 0.2) is 89.9 Å². The molecule has 1 atom stereocenters. The maximum atomic E-state index is 13.4. The van der Waals surface area contributed by atoms with Crippen molar-refractivity contribution in [2.24, 2.45) is 0 Å². The first kappa shape index (κ1) is 22.1. The molecular weight excluding hydrogens is 444 g/mol. The molecule has 174 valence electrons. The van der Waals surface area contributed by atoms with Crippen LogP contribution >= 0.6 is 0 Å². The van der Waals surface area contributed by atoms with E-state index in [1.807, 2.05) is 48.5 Å². The Kier molecular flexibility index (Phi) is 5.85. The van der Waals surface area contributed by atoms with E-state index < -0.39 is 12.1 Å². The minimum absolute atomic E-state index is 0.258. The first-order valence-electron chi connectivity index (χ1n) is 11.0. The van der Waals surface area contributed by atoms with Gasteiger partial charge in [-0.05, 0) is 43.3 Å². The van der Waals surface area contributed by atoms with Crippen molar-refractivity contribution in [3.8, 4) is 22.7 Å². The predicted molar refractivity (Wildman–Crippen MR) is 132 cm³/mol. The second kappa shape index (κ2) is 9.26. The average Bonchev–Trinajstić information content (AvgIpc) is 3.35. The second-order valence-electron chi connectivity index (χ2n) is 7.89. The number of fused-ring (bicyclic) bond motifs is 1. The van der Waals surface area contributed by atoms with Gasteiger partial charge in [0.25, 0.3) is 5.56 Å². The van der Waals surface area contributed by atoms with Gasteiger partial charge < -0.3 is 14.5 Å². The van der Waals surface area contributed by atoms with Crippen LogP contribution in [0.3, 0.4) is 0 Å². The summed E-state index contributed by atoms with van der Waals surface area (Å²) in [7, 11) is 1.56. The standard InChI is InChI=1S/C27H22N4O4/c1-17(25-28-22-14-8-6-12-19(22)26(32)29-25)35-27(33)21-16-31(18-10-4-3-5-11-18)30-24(21)20-13-7-9-15-23(20)34-2/h3-17H,1-2H3,(H,28,29,32). The number of carbonyl (C=O) groups excluding carboxylic acids is 1. The Morgan fingerprint density at radius 3 is 2.49 bits per heavy atom. The molecule has 0 bridgehead atoms. The Bertz CT molecular complexity index is 1570. The van der Waals surface area contributed by atoms with Gasteiger partial charge in [-0.25, -0.2) is 14.5 Å². The summed E-state index contributed by atoms with van der Waals surface area (Å²) in [6, 6.07) is 23.8. The number of hydrogen-bond acceptors (Lipinski definition) is 6. The van der Waals surface area contributed by atoms with Gasteiger partial charge in [-0.1, -0.05) is 42.5 Å². The summed E-state index contributed by atoms with van der Waals surface area (Å²) < 4.78 is 12.9. The maximum Gasteiger partial charge on any atom is 0.342 e. The van der Waals surface area contributed by atoms with E-state index in [-0.39, 0.29) is 16.9 Å². The largest absolute Gasteiger partial charge is 0.496 e. The Balaban J connectivity index is 1.53. The van der Waals surface area contributed by atoms with E-state index in [2.05, 4.69) is 15.1 Å². The number of rotatable bonds is 6. The summed E-state index contributed by atoms with van der Waals surface area (Å²) in [5, 5.41) is 5.15. The van der Waals surface area contributed by atoms with Crippen molar-refractivity contribution in [3.05, 3.63) is 107 Å². The van der Waals surface area contributed by atoms with Gasteiger partial charge in [-0.15, -0.1) is 0 Å². The van der Waals surface area contributed by atoms with Crippen LogP contribution in [-0.4, -0.2) is 32.8 Å². The third-order valence-corrected chi connectivity index (χ3v) is 5.62. The van der Waals surface area contributed by atoms with Crippen molar-refractivity contribution >= 4 is 16.9 Å². The lowest BCUT2D eigenvalue weighted by Gasteiger charge is -2.13. The normalized spacial score (nSPS) is 11.8. The SMILES string of the molecule is COc1ccccc1-c1nn(-c2ccccc2)cc1C(=O)OC(C)c1nc2ccccc2c(=O)[nH]1. The predicted octanol–water partition coefficient (Wildman–Crippen LogP) is 4.70. The molecule has 1 unspecified atom stereocenters. The maximum absolute atomic E-state index is 13.4. The third kappa shape index (κ3) is 4.29. The molecule has 0 saturated carbocycles. The van der Waals surface area contributed by atoms with Gasteiger partial charge in [0.15, 0.2) is 11.9 Å². The Morgan fingerprint density at radius 1 is 0.971 bits per heavy atom. The Labute approximate surface area is 200 Å². The molecule has 35 heavy (non-hydrogen) atoms. The molecular formula is C27H22N4O4. The first-order valence-corrected chi connectivity index (χ1v) is 11.0.